The van der Waals surface area contributed by atoms with Gasteiger partial charge in [-0.3, -0.25) is 4.79 Å². The third-order valence-corrected chi connectivity index (χ3v) is 4.25. The van der Waals surface area contributed by atoms with E-state index in [2.05, 4.69) is 26.0 Å². The van der Waals surface area contributed by atoms with E-state index in [0.717, 1.165) is 5.56 Å². The molecule has 0 atom stereocenters. The van der Waals surface area contributed by atoms with Crippen LogP contribution in [-0.2, 0) is 0 Å². The smallest absolute Gasteiger partial charge is 0.282 e. The quantitative estimate of drug-likeness (QED) is 0.549. The van der Waals surface area contributed by atoms with E-state index in [-0.39, 0.29) is 5.56 Å². The summed E-state index contributed by atoms with van der Waals surface area (Å²) in [6.07, 6.45) is 1.51. The first-order chi connectivity index (χ1) is 11.0. The Labute approximate surface area is 139 Å². The van der Waals surface area contributed by atoms with Crippen molar-refractivity contribution in [3.63, 3.8) is 0 Å². The lowest BCUT2D eigenvalue weighted by Gasteiger charge is -2.04. The largest absolute Gasteiger partial charge is 0.358 e. The molecule has 2 heterocycles. The van der Waals surface area contributed by atoms with Crippen molar-refractivity contribution in [2.24, 2.45) is 0 Å². The molecule has 0 saturated carbocycles. The van der Waals surface area contributed by atoms with Crippen LogP contribution in [0.2, 0.25) is 0 Å². The highest BCUT2D eigenvalue weighted by Crippen LogP contribution is 2.30. The zero-order valence-corrected chi connectivity index (χ0v) is 13.7. The Hall–Kier alpha value is -2.47. The number of benzene rings is 2. The molecular weight excluding hydrogens is 361 g/mol. The van der Waals surface area contributed by atoms with Gasteiger partial charge in [-0.15, -0.1) is 0 Å². The van der Waals surface area contributed by atoms with Gasteiger partial charge in [0.2, 0.25) is 0 Å². The highest BCUT2D eigenvalue weighted by molar-refractivity contribution is 9.10. The van der Waals surface area contributed by atoms with Crippen LogP contribution in [0.5, 0.6) is 0 Å². The van der Waals surface area contributed by atoms with Crippen LogP contribution < -0.4 is 5.56 Å². The maximum absolute atomic E-state index is 14.1. The van der Waals surface area contributed by atoms with Crippen LogP contribution in [0.4, 0.5) is 4.39 Å². The minimum absolute atomic E-state index is 0.232. The molecular formula is C17H11BrFN3O. The van der Waals surface area contributed by atoms with Crippen LogP contribution in [0.25, 0.3) is 27.8 Å². The molecule has 0 bridgehead atoms. The zero-order valence-electron chi connectivity index (χ0n) is 12.1. The molecule has 4 nitrogen and oxygen atoms in total. The molecule has 0 spiro atoms. The van der Waals surface area contributed by atoms with E-state index in [4.69, 9.17) is 0 Å². The molecule has 0 radical (unpaired) electrons. The van der Waals surface area contributed by atoms with Crippen molar-refractivity contribution in [1.82, 2.24) is 14.8 Å². The lowest BCUT2D eigenvalue weighted by molar-refractivity contribution is 0.636. The predicted molar refractivity (Wildman–Crippen MR) is 90.7 cm³/mol. The van der Waals surface area contributed by atoms with Crippen LogP contribution >= 0.6 is 15.9 Å². The van der Waals surface area contributed by atoms with Gasteiger partial charge >= 0.3 is 0 Å². The lowest BCUT2D eigenvalue weighted by atomic mass is 10.1. The lowest BCUT2D eigenvalue weighted by Crippen LogP contribution is -2.14. The molecule has 0 saturated heterocycles. The molecule has 2 aliphatic rings. The summed E-state index contributed by atoms with van der Waals surface area (Å²) in [7, 11) is 0. The van der Waals surface area contributed by atoms with E-state index in [1.54, 1.807) is 6.07 Å². The Morgan fingerprint density at radius 3 is 2.87 bits per heavy atom. The second-order valence-corrected chi connectivity index (χ2v) is 6.33. The highest BCUT2D eigenvalue weighted by Gasteiger charge is 2.20. The minimum atomic E-state index is -0.395. The number of rotatable bonds is 1. The summed E-state index contributed by atoms with van der Waals surface area (Å²) < 4.78 is 16.0. The van der Waals surface area contributed by atoms with Crippen molar-refractivity contribution in [2.75, 3.05) is 0 Å². The number of nitrogens with zero attached hydrogens (tertiary/aromatic N) is 2. The van der Waals surface area contributed by atoms with Crippen molar-refractivity contribution >= 4 is 26.8 Å². The van der Waals surface area contributed by atoms with Crippen molar-refractivity contribution < 1.29 is 4.39 Å². The number of aromatic amines is 1. The number of aryl methyl sites for hydroxylation is 1. The number of fused-ring (bicyclic) bond motifs is 3. The standard InChI is InChI=1S/C17H11BrFN3O/c1-9-3-2-4-11(5-9)22-17(23)13-8-20-16-12(15(13)21-22)6-10(18)7-14(16)19/h2-8,20H,1H3. The number of nitrogens with one attached hydrogen (secondary N) is 1. The van der Waals surface area contributed by atoms with Gasteiger partial charge in [-0.05, 0) is 36.8 Å². The second kappa shape index (κ2) is 5.03. The van der Waals surface area contributed by atoms with Gasteiger partial charge in [0.1, 0.15) is 11.5 Å². The first-order valence-corrected chi connectivity index (χ1v) is 7.80. The Kier molecular flexibility index (Phi) is 3.09. The van der Waals surface area contributed by atoms with Gasteiger partial charge in [-0.1, -0.05) is 28.1 Å². The van der Waals surface area contributed by atoms with E-state index in [0.29, 0.717) is 32.3 Å². The van der Waals surface area contributed by atoms with Crippen molar-refractivity contribution in [3.8, 4) is 16.9 Å². The topological polar surface area (TPSA) is 50.7 Å². The summed E-state index contributed by atoms with van der Waals surface area (Å²) in [6, 6.07) is 10.7. The molecule has 114 valence electrons. The molecule has 2 aliphatic heterocycles. The molecule has 0 amide bonds. The van der Waals surface area contributed by atoms with Crippen LogP contribution in [0, 0.1) is 12.7 Å². The Balaban J connectivity index is 2.09. The summed E-state index contributed by atoms with van der Waals surface area (Å²) in [5, 5.41) is 5.00. The second-order valence-electron chi connectivity index (χ2n) is 5.42. The van der Waals surface area contributed by atoms with E-state index in [9.17, 15) is 9.18 Å². The van der Waals surface area contributed by atoms with Crippen molar-refractivity contribution in [3.05, 3.63) is 68.8 Å². The highest BCUT2D eigenvalue weighted by atomic mass is 79.9. The number of hydrogen-bond donors (Lipinski definition) is 1. The summed E-state index contributed by atoms with van der Waals surface area (Å²) >= 11 is 3.28. The fourth-order valence-corrected chi connectivity index (χ4v) is 3.16. The maximum atomic E-state index is 14.1. The predicted octanol–water partition coefficient (Wildman–Crippen LogP) is 4.03. The number of H-pyrrole nitrogens is 1. The molecule has 0 aromatic heterocycles. The molecule has 0 fully saturated rings. The number of halogens is 2. The Morgan fingerprint density at radius 2 is 2.09 bits per heavy atom. The monoisotopic (exact) mass is 371 g/mol. The summed E-state index contributed by atoms with van der Waals surface area (Å²) in [6.45, 7) is 1.95. The van der Waals surface area contributed by atoms with E-state index in [1.807, 2.05) is 31.2 Å². The fraction of sp³-hybridized carbons (Fsp3) is 0.0588. The molecule has 4 rings (SSSR count). The maximum Gasteiger partial charge on any atom is 0.282 e. The van der Waals surface area contributed by atoms with E-state index >= 15 is 0 Å². The summed E-state index contributed by atoms with van der Waals surface area (Å²) in [4.78, 5) is 15.5. The average Bonchev–Trinajstić information content (AvgIpc) is 2.85. The van der Waals surface area contributed by atoms with Crippen molar-refractivity contribution in [1.29, 1.82) is 0 Å². The third-order valence-electron chi connectivity index (χ3n) is 3.80. The zero-order chi connectivity index (χ0) is 16.1. The van der Waals surface area contributed by atoms with Gasteiger partial charge < -0.3 is 4.98 Å². The van der Waals surface area contributed by atoms with Gasteiger partial charge in [0.05, 0.1) is 16.8 Å². The van der Waals surface area contributed by atoms with Crippen LogP contribution in [0.1, 0.15) is 5.56 Å². The normalized spacial score (nSPS) is 11.4. The molecule has 0 unspecified atom stereocenters. The molecule has 1 N–H and O–H groups in total. The van der Waals surface area contributed by atoms with Gasteiger partial charge in [0.15, 0.2) is 0 Å². The van der Waals surface area contributed by atoms with Crippen LogP contribution in [-0.4, -0.2) is 14.8 Å². The first-order valence-electron chi connectivity index (χ1n) is 7.01. The molecule has 2 aromatic carbocycles. The van der Waals surface area contributed by atoms with Gasteiger partial charge in [-0.2, -0.15) is 9.78 Å². The summed E-state index contributed by atoms with van der Waals surface area (Å²) in [5.41, 5.74) is 2.72. The van der Waals surface area contributed by atoms with E-state index < -0.39 is 5.82 Å². The average molecular weight is 372 g/mol. The first kappa shape index (κ1) is 14.1. The molecule has 6 heteroatoms. The fourth-order valence-electron chi connectivity index (χ4n) is 2.73. The number of aromatic nitrogens is 3. The van der Waals surface area contributed by atoms with Crippen LogP contribution in [0.3, 0.4) is 0 Å². The van der Waals surface area contributed by atoms with Gasteiger partial charge in [0.25, 0.3) is 5.56 Å². The molecule has 0 aliphatic carbocycles. The van der Waals surface area contributed by atoms with Gasteiger partial charge in [-0.25, -0.2) is 4.39 Å². The van der Waals surface area contributed by atoms with E-state index in [1.165, 1.54) is 16.9 Å². The van der Waals surface area contributed by atoms with Crippen molar-refractivity contribution in [2.45, 2.75) is 6.92 Å². The SMILES string of the molecule is Cc1cccc(-n2nc3c4cc(Br)cc(F)c4[nH]cc-3c2=O)c1. The number of hydrogen-bond acceptors (Lipinski definition) is 2. The minimum Gasteiger partial charge on any atom is -0.358 e. The third kappa shape index (κ3) is 2.17. The van der Waals surface area contributed by atoms with Gasteiger partial charge in [0, 0.05) is 16.1 Å². The summed E-state index contributed by atoms with van der Waals surface area (Å²) in [5.74, 6) is -0.395. The molecule has 23 heavy (non-hydrogen) atoms. The van der Waals surface area contributed by atoms with Crippen LogP contribution in [0.15, 0.2) is 51.9 Å². The Morgan fingerprint density at radius 1 is 1.26 bits per heavy atom. The number of pyridine rings is 1. The molecule has 2 aromatic rings. The Bertz CT molecular complexity index is 1080.